The molecule has 0 aliphatic heterocycles. The van der Waals surface area contributed by atoms with E-state index in [1.807, 2.05) is 62.5 Å². The molecule has 2 rings (SSSR count). The number of nitrogens with one attached hydrogen (secondary N) is 2. The lowest BCUT2D eigenvalue weighted by Crippen LogP contribution is -3.14. The Labute approximate surface area is 157 Å². The quantitative estimate of drug-likeness (QED) is 0.706. The normalized spacial score (nSPS) is 13.0. The predicted molar refractivity (Wildman–Crippen MR) is 102 cm³/mol. The second kappa shape index (κ2) is 9.44. The Bertz CT molecular complexity index is 691. The van der Waals surface area contributed by atoms with Crippen LogP contribution in [0.2, 0.25) is 0 Å². The van der Waals surface area contributed by atoms with Crippen LogP contribution in [0.15, 0.2) is 53.0 Å². The van der Waals surface area contributed by atoms with E-state index in [1.165, 1.54) is 0 Å². The standard InChI is InChI=1S/C19H23BrN2O3/c1-14(19(23)21-17-6-4-5-7-18(17)24-3)22(2)12-13-25-16-10-8-15(20)9-11-16/h4-11,14H,12-13H2,1-3H3,(H,21,23)/p+1/t14-/m0/s1. The van der Waals surface area contributed by atoms with Crippen LogP contribution in [0, 0.1) is 0 Å². The highest BCUT2D eigenvalue weighted by molar-refractivity contribution is 9.10. The van der Waals surface area contributed by atoms with Crippen molar-refractivity contribution < 1.29 is 19.2 Å². The average Bonchev–Trinajstić information content (AvgIpc) is 2.63. The first-order chi connectivity index (χ1) is 12.0. The molecule has 6 heteroatoms. The third kappa shape index (κ3) is 5.76. The second-order valence-corrected chi connectivity index (χ2v) is 6.73. The van der Waals surface area contributed by atoms with Crippen molar-refractivity contribution in [3.63, 3.8) is 0 Å². The lowest BCUT2D eigenvalue weighted by Gasteiger charge is -2.21. The molecule has 0 bridgehead atoms. The minimum Gasteiger partial charge on any atom is -0.495 e. The van der Waals surface area contributed by atoms with E-state index >= 15 is 0 Å². The number of carbonyl (C=O) groups excluding carboxylic acids is 1. The van der Waals surface area contributed by atoms with Gasteiger partial charge in [-0.1, -0.05) is 28.1 Å². The van der Waals surface area contributed by atoms with Gasteiger partial charge in [0.25, 0.3) is 5.91 Å². The van der Waals surface area contributed by atoms with Gasteiger partial charge in [-0.3, -0.25) is 4.79 Å². The van der Waals surface area contributed by atoms with E-state index in [0.29, 0.717) is 18.0 Å². The molecule has 1 amide bonds. The van der Waals surface area contributed by atoms with Gasteiger partial charge in [0, 0.05) is 4.47 Å². The summed E-state index contributed by atoms with van der Waals surface area (Å²) >= 11 is 3.40. The zero-order valence-electron chi connectivity index (χ0n) is 14.7. The van der Waals surface area contributed by atoms with Gasteiger partial charge in [-0.2, -0.15) is 0 Å². The zero-order chi connectivity index (χ0) is 18.2. The van der Waals surface area contributed by atoms with Crippen molar-refractivity contribution >= 4 is 27.5 Å². The van der Waals surface area contributed by atoms with Gasteiger partial charge in [-0.05, 0) is 43.3 Å². The Morgan fingerprint density at radius 3 is 2.56 bits per heavy atom. The van der Waals surface area contributed by atoms with Gasteiger partial charge in [-0.15, -0.1) is 0 Å². The number of quaternary nitrogens is 1. The molecule has 134 valence electrons. The lowest BCUT2D eigenvalue weighted by atomic mass is 10.2. The minimum absolute atomic E-state index is 0.0503. The van der Waals surface area contributed by atoms with Gasteiger partial charge in [-0.25, -0.2) is 0 Å². The van der Waals surface area contributed by atoms with Gasteiger partial charge >= 0.3 is 0 Å². The van der Waals surface area contributed by atoms with Crippen LogP contribution in [0.4, 0.5) is 5.69 Å². The number of likely N-dealkylation sites (N-methyl/N-ethyl adjacent to an activating group) is 1. The Kier molecular flexibility index (Phi) is 7.28. The van der Waals surface area contributed by atoms with Gasteiger partial charge < -0.3 is 19.7 Å². The molecule has 2 aromatic carbocycles. The van der Waals surface area contributed by atoms with Gasteiger partial charge in [0.1, 0.15) is 24.7 Å². The molecule has 2 aromatic rings. The third-order valence-corrected chi connectivity index (χ3v) is 4.60. The Hall–Kier alpha value is -2.05. The van der Waals surface area contributed by atoms with Crippen LogP contribution < -0.4 is 19.7 Å². The number of carbonyl (C=O) groups is 1. The monoisotopic (exact) mass is 407 g/mol. The third-order valence-electron chi connectivity index (χ3n) is 4.08. The first kappa shape index (κ1) is 19.3. The predicted octanol–water partition coefficient (Wildman–Crippen LogP) is 2.38. The fourth-order valence-corrected chi connectivity index (χ4v) is 2.55. The van der Waals surface area contributed by atoms with Gasteiger partial charge in [0.15, 0.2) is 6.04 Å². The van der Waals surface area contributed by atoms with Crippen LogP contribution in [-0.4, -0.2) is 39.3 Å². The molecular weight excluding hydrogens is 384 g/mol. The summed E-state index contributed by atoms with van der Waals surface area (Å²) in [7, 11) is 3.57. The molecule has 2 atom stereocenters. The molecule has 0 spiro atoms. The van der Waals surface area contributed by atoms with Crippen molar-refractivity contribution in [2.24, 2.45) is 0 Å². The molecule has 0 fully saturated rings. The number of halogens is 1. The van der Waals surface area contributed by atoms with E-state index < -0.39 is 0 Å². The maximum absolute atomic E-state index is 12.5. The lowest BCUT2D eigenvalue weighted by molar-refractivity contribution is -0.894. The molecule has 0 aromatic heterocycles. The molecule has 1 unspecified atom stereocenters. The van der Waals surface area contributed by atoms with Crippen LogP contribution in [0.1, 0.15) is 6.92 Å². The molecular formula is C19H24BrN2O3+. The highest BCUT2D eigenvalue weighted by Gasteiger charge is 2.22. The summed E-state index contributed by atoms with van der Waals surface area (Å²) in [6.45, 7) is 3.16. The number of benzene rings is 2. The smallest absolute Gasteiger partial charge is 0.282 e. The first-order valence-electron chi connectivity index (χ1n) is 8.16. The molecule has 0 radical (unpaired) electrons. The summed E-state index contributed by atoms with van der Waals surface area (Å²) in [4.78, 5) is 13.5. The number of anilines is 1. The number of hydrogen-bond acceptors (Lipinski definition) is 3. The zero-order valence-corrected chi connectivity index (χ0v) is 16.3. The molecule has 0 saturated carbocycles. The minimum atomic E-state index is -0.210. The van der Waals surface area contributed by atoms with Crippen LogP contribution >= 0.6 is 15.9 Å². The van der Waals surface area contributed by atoms with Crippen molar-refractivity contribution in [2.75, 3.05) is 32.6 Å². The van der Waals surface area contributed by atoms with Gasteiger partial charge in [0.2, 0.25) is 0 Å². The van der Waals surface area contributed by atoms with Crippen molar-refractivity contribution in [3.8, 4) is 11.5 Å². The fraction of sp³-hybridized carbons (Fsp3) is 0.316. The Morgan fingerprint density at radius 1 is 1.20 bits per heavy atom. The Morgan fingerprint density at radius 2 is 1.88 bits per heavy atom. The molecule has 0 aliphatic carbocycles. The fourth-order valence-electron chi connectivity index (χ4n) is 2.29. The van der Waals surface area contributed by atoms with Crippen LogP contribution in [0.3, 0.4) is 0 Å². The Balaban J connectivity index is 1.83. The summed E-state index contributed by atoms with van der Waals surface area (Å²) < 4.78 is 12.0. The second-order valence-electron chi connectivity index (χ2n) is 5.81. The van der Waals surface area contributed by atoms with Crippen LogP contribution in [0.5, 0.6) is 11.5 Å². The number of para-hydroxylation sites is 2. The number of amides is 1. The molecule has 0 saturated heterocycles. The van der Waals surface area contributed by atoms with Crippen LogP contribution in [-0.2, 0) is 4.79 Å². The summed E-state index contributed by atoms with van der Waals surface area (Å²) in [6.07, 6.45) is 0. The van der Waals surface area contributed by atoms with E-state index in [0.717, 1.165) is 21.7 Å². The highest BCUT2D eigenvalue weighted by Crippen LogP contribution is 2.22. The van der Waals surface area contributed by atoms with Crippen LogP contribution in [0.25, 0.3) is 0 Å². The van der Waals surface area contributed by atoms with Crippen molar-refractivity contribution in [1.29, 1.82) is 0 Å². The molecule has 0 heterocycles. The maximum atomic E-state index is 12.5. The van der Waals surface area contributed by atoms with Crippen molar-refractivity contribution in [3.05, 3.63) is 53.0 Å². The molecule has 25 heavy (non-hydrogen) atoms. The number of hydrogen-bond donors (Lipinski definition) is 2. The summed E-state index contributed by atoms with van der Waals surface area (Å²) in [5.41, 5.74) is 0.681. The van der Waals surface area contributed by atoms with E-state index in [4.69, 9.17) is 9.47 Å². The van der Waals surface area contributed by atoms with Gasteiger partial charge in [0.05, 0.1) is 19.8 Å². The highest BCUT2D eigenvalue weighted by atomic mass is 79.9. The molecule has 0 aliphatic rings. The largest absolute Gasteiger partial charge is 0.495 e. The molecule has 5 nitrogen and oxygen atoms in total. The molecule has 2 N–H and O–H groups in total. The SMILES string of the molecule is COc1ccccc1NC(=O)[C@H](C)[NH+](C)CCOc1ccc(Br)cc1. The number of methoxy groups -OCH3 is 1. The first-order valence-corrected chi connectivity index (χ1v) is 8.95. The summed E-state index contributed by atoms with van der Waals surface area (Å²) in [6, 6.07) is 14.9. The van der Waals surface area contributed by atoms with Crippen molar-refractivity contribution in [2.45, 2.75) is 13.0 Å². The van der Waals surface area contributed by atoms with E-state index in [1.54, 1.807) is 7.11 Å². The summed E-state index contributed by atoms with van der Waals surface area (Å²) in [5.74, 6) is 1.42. The van der Waals surface area contributed by atoms with E-state index in [2.05, 4.69) is 21.2 Å². The van der Waals surface area contributed by atoms with E-state index in [9.17, 15) is 4.79 Å². The number of ether oxygens (including phenoxy) is 2. The van der Waals surface area contributed by atoms with E-state index in [-0.39, 0.29) is 11.9 Å². The maximum Gasteiger partial charge on any atom is 0.282 e. The number of rotatable bonds is 8. The summed E-state index contributed by atoms with van der Waals surface area (Å²) in [5, 5.41) is 2.93. The average molecular weight is 408 g/mol. The van der Waals surface area contributed by atoms with Crippen molar-refractivity contribution in [1.82, 2.24) is 0 Å². The topological polar surface area (TPSA) is 52.0 Å².